The van der Waals surface area contributed by atoms with Gasteiger partial charge in [0.1, 0.15) is 11.6 Å². The molecular formula is C11H16ClFN2. The van der Waals surface area contributed by atoms with Gasteiger partial charge in [-0.2, -0.15) is 0 Å². The summed E-state index contributed by atoms with van der Waals surface area (Å²) in [6.45, 7) is 4.28. The van der Waals surface area contributed by atoms with E-state index in [-0.39, 0.29) is 11.9 Å². The van der Waals surface area contributed by atoms with Crippen molar-refractivity contribution in [2.75, 3.05) is 11.2 Å². The van der Waals surface area contributed by atoms with Crippen LogP contribution in [0.25, 0.3) is 0 Å². The van der Waals surface area contributed by atoms with Crippen LogP contribution in [0, 0.1) is 11.7 Å². The Labute approximate surface area is 94.9 Å². The number of anilines is 1. The zero-order valence-corrected chi connectivity index (χ0v) is 9.76. The first-order valence-corrected chi connectivity index (χ1v) is 5.59. The molecule has 0 saturated carbocycles. The van der Waals surface area contributed by atoms with Crippen LogP contribution in [0.15, 0.2) is 18.3 Å². The molecule has 0 saturated heterocycles. The molecule has 0 fully saturated rings. The summed E-state index contributed by atoms with van der Waals surface area (Å²) in [4.78, 5) is 3.93. The summed E-state index contributed by atoms with van der Waals surface area (Å²) in [5.41, 5.74) is 0. The lowest BCUT2D eigenvalue weighted by Gasteiger charge is -2.18. The van der Waals surface area contributed by atoms with Gasteiger partial charge in [-0.25, -0.2) is 9.37 Å². The number of halogens is 2. The number of aromatic nitrogens is 1. The molecule has 2 nitrogen and oxygen atoms in total. The Hall–Kier alpha value is -0.830. The van der Waals surface area contributed by atoms with Crippen LogP contribution in [-0.4, -0.2) is 16.9 Å². The summed E-state index contributed by atoms with van der Waals surface area (Å²) >= 11 is 5.83. The van der Waals surface area contributed by atoms with Gasteiger partial charge in [-0.15, -0.1) is 11.6 Å². The zero-order chi connectivity index (χ0) is 11.3. The molecule has 1 aromatic rings. The van der Waals surface area contributed by atoms with E-state index in [4.69, 9.17) is 11.6 Å². The van der Waals surface area contributed by atoms with Crippen LogP contribution < -0.4 is 5.32 Å². The first-order chi connectivity index (χ1) is 7.11. The summed E-state index contributed by atoms with van der Waals surface area (Å²) in [7, 11) is 0. The van der Waals surface area contributed by atoms with E-state index in [9.17, 15) is 4.39 Å². The molecule has 0 aliphatic heterocycles. The van der Waals surface area contributed by atoms with Crippen molar-refractivity contribution < 1.29 is 4.39 Å². The molecular weight excluding hydrogens is 215 g/mol. The number of hydrogen-bond donors (Lipinski definition) is 1. The molecule has 0 aromatic carbocycles. The molecule has 1 aromatic heterocycles. The zero-order valence-electron chi connectivity index (χ0n) is 9.00. The van der Waals surface area contributed by atoms with Gasteiger partial charge in [0.05, 0.1) is 6.20 Å². The fourth-order valence-corrected chi connectivity index (χ4v) is 1.60. The maximum atomic E-state index is 12.6. The number of nitrogens with one attached hydrogen (secondary N) is 1. The maximum absolute atomic E-state index is 12.6. The summed E-state index contributed by atoms with van der Waals surface area (Å²) in [6.07, 6.45) is 2.17. The van der Waals surface area contributed by atoms with Gasteiger partial charge >= 0.3 is 0 Å². The minimum atomic E-state index is -0.327. The van der Waals surface area contributed by atoms with Crippen molar-refractivity contribution in [1.82, 2.24) is 4.98 Å². The molecule has 1 N–H and O–H groups in total. The monoisotopic (exact) mass is 230 g/mol. The smallest absolute Gasteiger partial charge is 0.141 e. The highest BCUT2D eigenvalue weighted by molar-refractivity contribution is 6.18. The number of alkyl halides is 1. The first kappa shape index (κ1) is 12.2. The predicted octanol–water partition coefficient (Wildman–Crippen LogP) is 3.29. The number of nitrogens with zero attached hydrogens (tertiary/aromatic N) is 1. The van der Waals surface area contributed by atoms with E-state index < -0.39 is 0 Å². The molecule has 1 atom stereocenters. The van der Waals surface area contributed by atoms with Crippen molar-refractivity contribution in [3.63, 3.8) is 0 Å². The standard InChI is InChI=1S/C11H16ClFN2/c1-8(2)5-10(6-12)15-11-4-3-9(13)7-14-11/h3-4,7-8,10H,5-6H2,1-2H3,(H,14,15). The average Bonchev–Trinajstić information content (AvgIpc) is 2.19. The van der Waals surface area contributed by atoms with Gasteiger partial charge in [0, 0.05) is 11.9 Å². The SMILES string of the molecule is CC(C)CC(CCl)Nc1ccc(F)cn1. The molecule has 15 heavy (non-hydrogen) atoms. The lowest BCUT2D eigenvalue weighted by atomic mass is 10.1. The summed E-state index contributed by atoms with van der Waals surface area (Å²) < 4.78 is 12.6. The highest BCUT2D eigenvalue weighted by Crippen LogP contribution is 2.12. The normalized spacial score (nSPS) is 12.9. The van der Waals surface area contributed by atoms with Gasteiger partial charge in [-0.1, -0.05) is 13.8 Å². The number of rotatable bonds is 5. The summed E-state index contributed by atoms with van der Waals surface area (Å²) in [6, 6.07) is 3.19. The van der Waals surface area contributed by atoms with E-state index in [2.05, 4.69) is 24.1 Å². The Morgan fingerprint density at radius 3 is 2.67 bits per heavy atom. The highest BCUT2D eigenvalue weighted by atomic mass is 35.5. The second kappa shape index (κ2) is 5.91. The van der Waals surface area contributed by atoms with E-state index in [0.29, 0.717) is 17.6 Å². The largest absolute Gasteiger partial charge is 0.366 e. The molecule has 84 valence electrons. The highest BCUT2D eigenvalue weighted by Gasteiger charge is 2.09. The van der Waals surface area contributed by atoms with Gasteiger partial charge in [-0.05, 0) is 24.5 Å². The molecule has 1 unspecified atom stereocenters. The Balaban J connectivity index is 2.54. The third-order valence-corrected chi connectivity index (χ3v) is 2.39. The Bertz CT molecular complexity index is 287. The van der Waals surface area contributed by atoms with E-state index in [1.165, 1.54) is 12.3 Å². The Morgan fingerprint density at radius 1 is 1.47 bits per heavy atom. The second-order valence-electron chi connectivity index (χ2n) is 3.99. The van der Waals surface area contributed by atoms with Crippen LogP contribution in [-0.2, 0) is 0 Å². The maximum Gasteiger partial charge on any atom is 0.141 e. The van der Waals surface area contributed by atoms with Crippen LogP contribution in [0.4, 0.5) is 10.2 Å². The van der Waals surface area contributed by atoms with Gasteiger partial charge in [0.2, 0.25) is 0 Å². The average molecular weight is 231 g/mol. The van der Waals surface area contributed by atoms with Gasteiger partial charge in [0.25, 0.3) is 0 Å². The van der Waals surface area contributed by atoms with Gasteiger partial charge < -0.3 is 5.32 Å². The van der Waals surface area contributed by atoms with Crippen LogP contribution in [0.3, 0.4) is 0 Å². The van der Waals surface area contributed by atoms with Gasteiger partial charge in [0.15, 0.2) is 0 Å². The summed E-state index contributed by atoms with van der Waals surface area (Å²) in [5, 5.41) is 3.18. The molecule has 0 amide bonds. The lowest BCUT2D eigenvalue weighted by Crippen LogP contribution is -2.23. The molecule has 1 rings (SSSR count). The molecule has 0 bridgehead atoms. The van der Waals surface area contributed by atoms with Gasteiger partial charge in [-0.3, -0.25) is 0 Å². The topological polar surface area (TPSA) is 24.9 Å². The van der Waals surface area contributed by atoms with E-state index in [1.807, 2.05) is 0 Å². The minimum absolute atomic E-state index is 0.185. The quantitative estimate of drug-likeness (QED) is 0.786. The molecule has 0 spiro atoms. The predicted molar refractivity (Wildman–Crippen MR) is 61.8 cm³/mol. The molecule has 0 radical (unpaired) electrons. The van der Waals surface area contributed by atoms with E-state index in [0.717, 1.165) is 6.42 Å². The van der Waals surface area contributed by atoms with Crippen LogP contribution in [0.5, 0.6) is 0 Å². The van der Waals surface area contributed by atoms with Crippen LogP contribution in [0.1, 0.15) is 20.3 Å². The Kier molecular flexibility index (Phi) is 4.82. The fraction of sp³-hybridized carbons (Fsp3) is 0.545. The molecule has 0 aliphatic carbocycles. The molecule has 1 heterocycles. The van der Waals surface area contributed by atoms with Crippen molar-refractivity contribution in [2.45, 2.75) is 26.3 Å². The second-order valence-corrected chi connectivity index (χ2v) is 4.30. The fourth-order valence-electron chi connectivity index (χ4n) is 1.40. The molecule has 4 heteroatoms. The first-order valence-electron chi connectivity index (χ1n) is 5.06. The van der Waals surface area contributed by atoms with Crippen molar-refractivity contribution in [2.24, 2.45) is 5.92 Å². The number of hydrogen-bond acceptors (Lipinski definition) is 2. The number of pyridine rings is 1. The van der Waals surface area contributed by atoms with Crippen LogP contribution >= 0.6 is 11.6 Å². The van der Waals surface area contributed by atoms with E-state index in [1.54, 1.807) is 6.07 Å². The lowest BCUT2D eigenvalue weighted by molar-refractivity contribution is 0.541. The van der Waals surface area contributed by atoms with Crippen molar-refractivity contribution in [3.05, 3.63) is 24.1 Å². The third-order valence-electron chi connectivity index (χ3n) is 2.02. The minimum Gasteiger partial charge on any atom is -0.366 e. The Morgan fingerprint density at radius 2 is 2.20 bits per heavy atom. The van der Waals surface area contributed by atoms with E-state index >= 15 is 0 Å². The van der Waals surface area contributed by atoms with Crippen molar-refractivity contribution in [1.29, 1.82) is 0 Å². The molecule has 0 aliphatic rings. The van der Waals surface area contributed by atoms with Crippen LogP contribution in [0.2, 0.25) is 0 Å². The third kappa shape index (κ3) is 4.47. The van der Waals surface area contributed by atoms with Crippen molar-refractivity contribution >= 4 is 17.4 Å². The summed E-state index contributed by atoms with van der Waals surface area (Å²) in [5.74, 6) is 1.44. The van der Waals surface area contributed by atoms with Crippen molar-refractivity contribution in [3.8, 4) is 0 Å².